The van der Waals surface area contributed by atoms with E-state index in [9.17, 15) is 13.6 Å². The summed E-state index contributed by atoms with van der Waals surface area (Å²) in [5.74, 6) is -2.50. The van der Waals surface area contributed by atoms with E-state index in [2.05, 4.69) is 15.9 Å². The summed E-state index contributed by atoms with van der Waals surface area (Å²) in [6.45, 7) is 0. The molecule has 104 valence electrons. The highest BCUT2D eigenvalue weighted by atomic mass is 79.9. The highest BCUT2D eigenvalue weighted by Gasteiger charge is 2.19. The number of benzene rings is 2. The van der Waals surface area contributed by atoms with Crippen LogP contribution in [0.3, 0.4) is 0 Å². The lowest BCUT2D eigenvalue weighted by Gasteiger charge is -2.07. The molecule has 0 aliphatic heterocycles. The SMILES string of the molecule is O=C(Cc1ccc(Cl)cc1Cl)c1c(F)cc(Br)cc1F. The molecule has 0 heterocycles. The van der Waals surface area contributed by atoms with Gasteiger partial charge in [-0.1, -0.05) is 45.2 Å². The van der Waals surface area contributed by atoms with Gasteiger partial charge in [0, 0.05) is 20.9 Å². The molecule has 2 rings (SSSR count). The first-order chi connectivity index (χ1) is 9.38. The summed E-state index contributed by atoms with van der Waals surface area (Å²) in [6, 6.07) is 6.67. The van der Waals surface area contributed by atoms with Gasteiger partial charge in [0.05, 0.1) is 5.56 Å². The van der Waals surface area contributed by atoms with Gasteiger partial charge < -0.3 is 0 Å². The molecule has 0 saturated heterocycles. The van der Waals surface area contributed by atoms with Crippen molar-refractivity contribution in [2.45, 2.75) is 6.42 Å². The van der Waals surface area contributed by atoms with E-state index in [0.29, 0.717) is 10.6 Å². The maximum absolute atomic E-state index is 13.7. The van der Waals surface area contributed by atoms with E-state index in [4.69, 9.17) is 23.2 Å². The molecule has 0 fully saturated rings. The van der Waals surface area contributed by atoms with Crippen molar-refractivity contribution in [3.63, 3.8) is 0 Å². The van der Waals surface area contributed by atoms with Gasteiger partial charge in [-0.15, -0.1) is 0 Å². The lowest BCUT2D eigenvalue weighted by molar-refractivity contribution is 0.0985. The van der Waals surface area contributed by atoms with E-state index in [1.807, 2.05) is 0 Å². The van der Waals surface area contributed by atoms with Crippen LogP contribution in [0.1, 0.15) is 15.9 Å². The van der Waals surface area contributed by atoms with Crippen LogP contribution in [0, 0.1) is 11.6 Å². The molecule has 0 radical (unpaired) electrons. The van der Waals surface area contributed by atoms with Crippen molar-refractivity contribution in [3.8, 4) is 0 Å². The van der Waals surface area contributed by atoms with E-state index in [0.717, 1.165) is 12.1 Å². The van der Waals surface area contributed by atoms with Crippen molar-refractivity contribution in [2.24, 2.45) is 0 Å². The second-order valence-corrected chi connectivity index (χ2v) is 5.84. The average Bonchev–Trinajstić information content (AvgIpc) is 2.31. The van der Waals surface area contributed by atoms with E-state index in [1.165, 1.54) is 6.07 Å². The van der Waals surface area contributed by atoms with Gasteiger partial charge >= 0.3 is 0 Å². The van der Waals surface area contributed by atoms with E-state index < -0.39 is 23.0 Å². The first kappa shape index (κ1) is 15.4. The van der Waals surface area contributed by atoms with Crippen molar-refractivity contribution in [2.75, 3.05) is 0 Å². The van der Waals surface area contributed by atoms with Crippen molar-refractivity contribution in [1.29, 1.82) is 0 Å². The number of carbonyl (C=O) groups is 1. The summed E-state index contributed by atoms with van der Waals surface area (Å²) in [7, 11) is 0. The van der Waals surface area contributed by atoms with Crippen molar-refractivity contribution >= 4 is 44.9 Å². The van der Waals surface area contributed by atoms with Crippen LogP contribution < -0.4 is 0 Å². The summed E-state index contributed by atoms with van der Waals surface area (Å²) in [5.41, 5.74) is -0.109. The van der Waals surface area contributed by atoms with E-state index in [1.54, 1.807) is 12.1 Å². The largest absolute Gasteiger partial charge is 0.294 e. The Hall–Kier alpha value is -0.970. The molecule has 0 amide bonds. The summed E-state index contributed by atoms with van der Waals surface area (Å²) >= 11 is 14.6. The second-order valence-electron chi connectivity index (χ2n) is 4.08. The topological polar surface area (TPSA) is 17.1 Å². The van der Waals surface area contributed by atoms with Gasteiger partial charge in [-0.2, -0.15) is 0 Å². The fourth-order valence-electron chi connectivity index (χ4n) is 1.73. The van der Waals surface area contributed by atoms with Crippen LogP contribution in [-0.4, -0.2) is 5.78 Å². The molecule has 2 aromatic carbocycles. The first-order valence-electron chi connectivity index (χ1n) is 5.50. The van der Waals surface area contributed by atoms with E-state index >= 15 is 0 Å². The number of carbonyl (C=O) groups excluding carboxylic acids is 1. The Balaban J connectivity index is 2.33. The quantitative estimate of drug-likeness (QED) is 0.647. The highest BCUT2D eigenvalue weighted by Crippen LogP contribution is 2.25. The predicted molar refractivity (Wildman–Crippen MR) is 78.6 cm³/mol. The van der Waals surface area contributed by atoms with Crippen LogP contribution in [0.4, 0.5) is 8.78 Å². The Labute approximate surface area is 132 Å². The molecule has 0 atom stereocenters. The molecule has 0 spiro atoms. The molecule has 1 nitrogen and oxygen atoms in total. The molecule has 0 aliphatic carbocycles. The van der Waals surface area contributed by atoms with Crippen LogP contribution in [-0.2, 0) is 6.42 Å². The Morgan fingerprint density at radius 3 is 2.25 bits per heavy atom. The Bertz CT molecular complexity index is 666. The van der Waals surface area contributed by atoms with Gasteiger partial charge in [-0.25, -0.2) is 8.78 Å². The minimum absolute atomic E-state index is 0.203. The summed E-state index contributed by atoms with van der Waals surface area (Å²) in [5, 5.41) is 0.705. The summed E-state index contributed by atoms with van der Waals surface area (Å²) < 4.78 is 27.6. The molecule has 0 aliphatic rings. The van der Waals surface area contributed by atoms with Crippen LogP contribution in [0.2, 0.25) is 10.0 Å². The second kappa shape index (κ2) is 6.20. The number of rotatable bonds is 3. The van der Waals surface area contributed by atoms with Crippen LogP contribution >= 0.6 is 39.1 Å². The normalized spacial score (nSPS) is 10.7. The van der Waals surface area contributed by atoms with E-state index in [-0.39, 0.29) is 15.9 Å². The maximum atomic E-state index is 13.7. The van der Waals surface area contributed by atoms with Gasteiger partial charge in [0.1, 0.15) is 11.6 Å². The molecule has 0 bridgehead atoms. The molecule has 0 aromatic heterocycles. The standard InChI is InChI=1S/C14H7BrCl2F2O/c15-8-4-11(18)14(12(19)5-8)13(20)3-7-1-2-9(16)6-10(7)17/h1-2,4-6H,3H2. The van der Waals surface area contributed by atoms with Gasteiger partial charge in [0.15, 0.2) is 5.78 Å². The van der Waals surface area contributed by atoms with Gasteiger partial charge in [0.2, 0.25) is 0 Å². The van der Waals surface area contributed by atoms with Crippen molar-refractivity contribution in [1.82, 2.24) is 0 Å². The zero-order chi connectivity index (χ0) is 14.9. The number of Topliss-reactive ketones (excluding diaryl/α,β-unsaturated/α-hetero) is 1. The minimum atomic E-state index is -0.910. The highest BCUT2D eigenvalue weighted by molar-refractivity contribution is 9.10. The maximum Gasteiger partial charge on any atom is 0.173 e. The number of hydrogen-bond acceptors (Lipinski definition) is 1. The zero-order valence-electron chi connectivity index (χ0n) is 9.89. The smallest absolute Gasteiger partial charge is 0.173 e. The molecule has 0 N–H and O–H groups in total. The molecule has 0 saturated carbocycles. The van der Waals surface area contributed by atoms with Crippen molar-refractivity contribution in [3.05, 3.63) is 67.6 Å². The number of ketones is 1. The summed E-state index contributed by atoms with van der Waals surface area (Å²) in [6.07, 6.45) is -0.203. The number of halogens is 5. The Kier molecular flexibility index (Phi) is 4.78. The molecule has 2 aromatic rings. The lowest BCUT2D eigenvalue weighted by atomic mass is 10.0. The van der Waals surface area contributed by atoms with Crippen LogP contribution in [0.25, 0.3) is 0 Å². The Morgan fingerprint density at radius 2 is 1.70 bits per heavy atom. The molecule has 6 heteroatoms. The van der Waals surface area contributed by atoms with Crippen LogP contribution in [0.5, 0.6) is 0 Å². The zero-order valence-corrected chi connectivity index (χ0v) is 13.0. The van der Waals surface area contributed by atoms with Gasteiger partial charge in [-0.3, -0.25) is 4.79 Å². The third-order valence-corrected chi connectivity index (χ3v) is 3.70. The monoisotopic (exact) mass is 378 g/mol. The third-order valence-electron chi connectivity index (χ3n) is 2.65. The fraction of sp³-hybridized carbons (Fsp3) is 0.0714. The lowest BCUT2D eigenvalue weighted by Crippen LogP contribution is -2.09. The van der Waals surface area contributed by atoms with Gasteiger partial charge in [0.25, 0.3) is 0 Å². The van der Waals surface area contributed by atoms with Crippen LogP contribution in [0.15, 0.2) is 34.8 Å². The Morgan fingerprint density at radius 1 is 1.10 bits per heavy atom. The average molecular weight is 380 g/mol. The third kappa shape index (κ3) is 3.37. The fourth-order valence-corrected chi connectivity index (χ4v) is 2.61. The number of hydrogen-bond donors (Lipinski definition) is 0. The van der Waals surface area contributed by atoms with Crippen molar-refractivity contribution < 1.29 is 13.6 Å². The first-order valence-corrected chi connectivity index (χ1v) is 7.05. The molecule has 20 heavy (non-hydrogen) atoms. The summed E-state index contributed by atoms with van der Waals surface area (Å²) in [4.78, 5) is 12.0. The molecule has 0 unspecified atom stereocenters. The molecular weight excluding hydrogens is 373 g/mol. The minimum Gasteiger partial charge on any atom is -0.294 e. The molecular formula is C14H7BrCl2F2O. The van der Waals surface area contributed by atoms with Gasteiger partial charge in [-0.05, 0) is 29.8 Å². The predicted octanol–water partition coefficient (Wildman–Crippen LogP) is 5.46.